The molecule has 2 heterocycles. The van der Waals surface area contributed by atoms with E-state index in [0.29, 0.717) is 25.4 Å². The summed E-state index contributed by atoms with van der Waals surface area (Å²) in [5, 5.41) is 3.28. The number of fused-ring (bicyclic) bond motifs is 1. The van der Waals surface area contributed by atoms with Crippen LogP contribution in [0.3, 0.4) is 0 Å². The minimum atomic E-state index is -3.49. The quantitative estimate of drug-likeness (QED) is 0.836. The van der Waals surface area contributed by atoms with E-state index in [0.717, 1.165) is 37.2 Å². The Labute approximate surface area is 137 Å². The molecule has 6 nitrogen and oxygen atoms in total. The SMILES string of the molecule is CC(=O)N1CCc2cc(S(=O)(=O)NCCC3CCNC3)ccc21. The van der Waals surface area contributed by atoms with Crippen molar-refractivity contribution in [1.29, 1.82) is 0 Å². The predicted octanol–water partition coefficient (Wildman–Crippen LogP) is 0.873. The Morgan fingerprint density at radius 1 is 1.43 bits per heavy atom. The van der Waals surface area contributed by atoms with Crippen molar-refractivity contribution in [3.63, 3.8) is 0 Å². The second-order valence-corrected chi connectivity index (χ2v) is 8.02. The Bertz CT molecular complexity index is 697. The van der Waals surface area contributed by atoms with Crippen molar-refractivity contribution in [2.75, 3.05) is 31.1 Å². The van der Waals surface area contributed by atoms with Crippen LogP contribution >= 0.6 is 0 Å². The molecule has 3 rings (SSSR count). The minimum Gasteiger partial charge on any atom is -0.316 e. The fraction of sp³-hybridized carbons (Fsp3) is 0.562. The molecule has 0 bridgehead atoms. The molecule has 23 heavy (non-hydrogen) atoms. The van der Waals surface area contributed by atoms with Crippen molar-refractivity contribution in [2.45, 2.75) is 31.1 Å². The van der Waals surface area contributed by atoms with Crippen LogP contribution in [0.4, 0.5) is 5.69 Å². The van der Waals surface area contributed by atoms with Crippen LogP contribution in [0, 0.1) is 5.92 Å². The molecule has 1 amide bonds. The molecule has 126 valence electrons. The summed E-state index contributed by atoms with van der Waals surface area (Å²) in [6.07, 6.45) is 2.67. The zero-order valence-corrected chi connectivity index (χ0v) is 14.2. The van der Waals surface area contributed by atoms with Gasteiger partial charge >= 0.3 is 0 Å². The maximum Gasteiger partial charge on any atom is 0.240 e. The Kier molecular flexibility index (Phi) is 4.70. The number of nitrogens with zero attached hydrogens (tertiary/aromatic N) is 1. The molecule has 7 heteroatoms. The van der Waals surface area contributed by atoms with Crippen molar-refractivity contribution in [2.24, 2.45) is 5.92 Å². The van der Waals surface area contributed by atoms with Gasteiger partial charge in [-0.2, -0.15) is 0 Å². The van der Waals surface area contributed by atoms with Crippen molar-refractivity contribution < 1.29 is 13.2 Å². The molecule has 0 spiro atoms. The van der Waals surface area contributed by atoms with Crippen LogP contribution in [-0.4, -0.2) is 40.5 Å². The Morgan fingerprint density at radius 2 is 2.26 bits per heavy atom. The highest BCUT2D eigenvalue weighted by Gasteiger charge is 2.25. The highest BCUT2D eigenvalue weighted by Crippen LogP contribution is 2.30. The maximum absolute atomic E-state index is 12.4. The second-order valence-electron chi connectivity index (χ2n) is 6.26. The first-order valence-electron chi connectivity index (χ1n) is 8.09. The summed E-state index contributed by atoms with van der Waals surface area (Å²) >= 11 is 0. The van der Waals surface area contributed by atoms with Gasteiger partial charge in [0.05, 0.1) is 4.90 Å². The minimum absolute atomic E-state index is 0.0114. The summed E-state index contributed by atoms with van der Waals surface area (Å²) in [4.78, 5) is 13.5. The summed E-state index contributed by atoms with van der Waals surface area (Å²) in [5.41, 5.74) is 1.75. The number of amides is 1. The van der Waals surface area contributed by atoms with E-state index >= 15 is 0 Å². The smallest absolute Gasteiger partial charge is 0.240 e. The highest BCUT2D eigenvalue weighted by atomic mass is 32.2. The molecule has 1 fully saturated rings. The van der Waals surface area contributed by atoms with Crippen LogP contribution in [0.1, 0.15) is 25.3 Å². The zero-order valence-electron chi connectivity index (χ0n) is 13.3. The number of hydrogen-bond acceptors (Lipinski definition) is 4. The van der Waals surface area contributed by atoms with Gasteiger partial charge in [-0.25, -0.2) is 13.1 Å². The van der Waals surface area contributed by atoms with Gasteiger partial charge in [0.1, 0.15) is 0 Å². The first-order chi connectivity index (χ1) is 11.0. The van der Waals surface area contributed by atoms with Crippen molar-refractivity contribution >= 4 is 21.6 Å². The number of carbonyl (C=O) groups excluding carboxylic acids is 1. The zero-order chi connectivity index (χ0) is 16.4. The Morgan fingerprint density at radius 3 is 2.96 bits per heavy atom. The molecule has 0 saturated carbocycles. The summed E-state index contributed by atoms with van der Waals surface area (Å²) in [7, 11) is -3.49. The molecule has 0 aromatic heterocycles. The maximum atomic E-state index is 12.4. The average Bonchev–Trinajstić information content (AvgIpc) is 3.15. The van der Waals surface area contributed by atoms with E-state index in [1.807, 2.05) is 0 Å². The van der Waals surface area contributed by atoms with Crippen LogP contribution in [0.5, 0.6) is 0 Å². The first-order valence-corrected chi connectivity index (χ1v) is 9.57. The van der Waals surface area contributed by atoms with E-state index in [1.165, 1.54) is 6.92 Å². The number of hydrogen-bond donors (Lipinski definition) is 2. The standard InChI is InChI=1S/C16H23N3O3S/c1-12(20)19-9-6-14-10-15(2-3-16(14)19)23(21,22)18-8-5-13-4-7-17-11-13/h2-3,10,13,17-18H,4-9,11H2,1H3. The van der Waals surface area contributed by atoms with Crippen molar-refractivity contribution in [3.8, 4) is 0 Å². The molecular formula is C16H23N3O3S. The molecule has 0 aliphatic carbocycles. The van der Waals surface area contributed by atoms with Gasteiger partial charge in [-0.1, -0.05) is 0 Å². The molecular weight excluding hydrogens is 314 g/mol. The van der Waals surface area contributed by atoms with Crippen LogP contribution in [0.25, 0.3) is 0 Å². The van der Waals surface area contributed by atoms with Gasteiger partial charge < -0.3 is 10.2 Å². The first kappa shape index (κ1) is 16.4. The lowest BCUT2D eigenvalue weighted by Crippen LogP contribution is -2.27. The topological polar surface area (TPSA) is 78.5 Å². The summed E-state index contributed by atoms with van der Waals surface area (Å²) in [6, 6.07) is 5.01. The molecule has 2 N–H and O–H groups in total. The van der Waals surface area contributed by atoms with Crippen LogP contribution < -0.4 is 14.9 Å². The second kappa shape index (κ2) is 6.59. The lowest BCUT2D eigenvalue weighted by Gasteiger charge is -2.15. The van der Waals surface area contributed by atoms with E-state index in [2.05, 4.69) is 10.0 Å². The van der Waals surface area contributed by atoms with Crippen LogP contribution in [0.15, 0.2) is 23.1 Å². The molecule has 1 unspecified atom stereocenters. The van der Waals surface area contributed by atoms with Gasteiger partial charge in [0.25, 0.3) is 0 Å². The summed E-state index contributed by atoms with van der Waals surface area (Å²) in [6.45, 7) is 4.61. The van der Waals surface area contributed by atoms with Gasteiger partial charge in [0.15, 0.2) is 0 Å². The third-order valence-corrected chi connectivity index (χ3v) is 6.10. The Balaban J connectivity index is 1.67. The van der Waals surface area contributed by atoms with Gasteiger partial charge in [0, 0.05) is 25.7 Å². The van der Waals surface area contributed by atoms with Gasteiger partial charge in [-0.05, 0) is 62.0 Å². The number of rotatable bonds is 5. The van der Waals surface area contributed by atoms with Gasteiger partial charge in [-0.3, -0.25) is 4.79 Å². The van der Waals surface area contributed by atoms with Crippen LogP contribution in [-0.2, 0) is 21.2 Å². The molecule has 1 saturated heterocycles. The molecule has 1 aromatic rings. The number of nitrogens with one attached hydrogen (secondary N) is 2. The average molecular weight is 337 g/mol. The van der Waals surface area contributed by atoms with Crippen LogP contribution in [0.2, 0.25) is 0 Å². The van der Waals surface area contributed by atoms with Gasteiger partial charge in [-0.15, -0.1) is 0 Å². The van der Waals surface area contributed by atoms with Crippen molar-refractivity contribution in [1.82, 2.24) is 10.0 Å². The van der Waals surface area contributed by atoms with Crippen molar-refractivity contribution in [3.05, 3.63) is 23.8 Å². The molecule has 1 atom stereocenters. The molecule has 2 aliphatic rings. The Hall–Kier alpha value is -1.44. The lowest BCUT2D eigenvalue weighted by molar-refractivity contribution is -0.116. The highest BCUT2D eigenvalue weighted by molar-refractivity contribution is 7.89. The molecule has 0 radical (unpaired) electrons. The largest absolute Gasteiger partial charge is 0.316 e. The number of sulfonamides is 1. The molecule has 2 aliphatic heterocycles. The molecule has 1 aromatic carbocycles. The van der Waals surface area contributed by atoms with E-state index in [4.69, 9.17) is 0 Å². The third kappa shape index (κ3) is 3.57. The summed E-state index contributed by atoms with van der Waals surface area (Å²) in [5.74, 6) is 0.546. The monoisotopic (exact) mass is 337 g/mol. The fourth-order valence-electron chi connectivity index (χ4n) is 3.31. The lowest BCUT2D eigenvalue weighted by atomic mass is 10.1. The number of benzene rings is 1. The number of carbonyl (C=O) groups is 1. The van der Waals surface area contributed by atoms with E-state index in [-0.39, 0.29) is 10.8 Å². The predicted molar refractivity (Wildman–Crippen MR) is 89.0 cm³/mol. The third-order valence-electron chi connectivity index (χ3n) is 4.64. The fourth-order valence-corrected chi connectivity index (χ4v) is 4.41. The van der Waals surface area contributed by atoms with E-state index in [9.17, 15) is 13.2 Å². The normalized spacial score (nSPS) is 20.7. The van der Waals surface area contributed by atoms with E-state index < -0.39 is 10.0 Å². The van der Waals surface area contributed by atoms with E-state index in [1.54, 1.807) is 23.1 Å². The van der Waals surface area contributed by atoms with Gasteiger partial charge in [0.2, 0.25) is 15.9 Å². The number of anilines is 1. The summed E-state index contributed by atoms with van der Waals surface area (Å²) < 4.78 is 27.5.